The van der Waals surface area contributed by atoms with Crippen molar-refractivity contribution in [3.8, 4) is 5.75 Å². The maximum atomic E-state index is 5.90. The third kappa shape index (κ3) is 2.28. The minimum Gasteiger partial charge on any atom is -0.488 e. The lowest BCUT2D eigenvalue weighted by atomic mass is 10.1. The van der Waals surface area contributed by atoms with E-state index in [1.54, 1.807) is 0 Å². The number of hydrogen-bond donors (Lipinski definition) is 0. The van der Waals surface area contributed by atoms with Crippen molar-refractivity contribution in [1.82, 2.24) is 0 Å². The number of ether oxygens (including phenoxy) is 1. The Morgan fingerprint density at radius 3 is 2.64 bits per heavy atom. The van der Waals surface area contributed by atoms with Gasteiger partial charge in [-0.25, -0.2) is 0 Å². The van der Waals surface area contributed by atoms with Crippen molar-refractivity contribution in [2.45, 2.75) is 45.1 Å². The molecule has 1 fully saturated rings. The molecule has 0 saturated heterocycles. The Morgan fingerprint density at radius 2 is 2.07 bits per heavy atom. The van der Waals surface area contributed by atoms with Crippen molar-refractivity contribution >= 4 is 0 Å². The molecule has 0 amide bonds. The summed E-state index contributed by atoms with van der Waals surface area (Å²) >= 11 is 0. The molecule has 1 nitrogen and oxygen atoms in total. The van der Waals surface area contributed by atoms with Gasteiger partial charge in [-0.05, 0) is 51.7 Å². The van der Waals surface area contributed by atoms with Gasteiger partial charge in [-0.1, -0.05) is 12.1 Å². The average Bonchev–Trinajstić information content (AvgIpc) is 2.85. The summed E-state index contributed by atoms with van der Waals surface area (Å²) in [4.78, 5) is 0. The topological polar surface area (TPSA) is 9.23 Å². The second kappa shape index (κ2) is 3.30. The van der Waals surface area contributed by atoms with Crippen LogP contribution >= 0.6 is 0 Å². The average molecular weight is 189 g/mol. The van der Waals surface area contributed by atoms with Crippen molar-refractivity contribution in [2.24, 2.45) is 0 Å². The number of hydrogen-bond acceptors (Lipinski definition) is 1. The Labute approximate surface area is 86.1 Å². The standard InChI is InChI=1S/C13H17O/c1-13(2,3)14-12-7-5-4-6-11(12)10-8-9-10/h4-5,7,10H,8-9H2,1-3H3. The van der Waals surface area contributed by atoms with Crippen LogP contribution in [0, 0.1) is 6.07 Å². The van der Waals surface area contributed by atoms with Gasteiger partial charge in [-0.15, -0.1) is 0 Å². The van der Waals surface area contributed by atoms with Gasteiger partial charge in [0.25, 0.3) is 0 Å². The number of benzene rings is 1. The van der Waals surface area contributed by atoms with Gasteiger partial charge in [0.05, 0.1) is 0 Å². The van der Waals surface area contributed by atoms with E-state index in [1.165, 1.54) is 18.4 Å². The molecule has 0 N–H and O–H groups in total. The summed E-state index contributed by atoms with van der Waals surface area (Å²) in [6, 6.07) is 9.32. The Balaban J connectivity index is 2.23. The van der Waals surface area contributed by atoms with Crippen LogP contribution in [0.25, 0.3) is 0 Å². The van der Waals surface area contributed by atoms with E-state index in [0.717, 1.165) is 5.75 Å². The zero-order chi connectivity index (χ0) is 10.2. The summed E-state index contributed by atoms with van der Waals surface area (Å²) in [5.41, 5.74) is 1.15. The zero-order valence-corrected chi connectivity index (χ0v) is 9.13. The van der Waals surface area contributed by atoms with E-state index in [4.69, 9.17) is 4.74 Å². The largest absolute Gasteiger partial charge is 0.488 e. The molecule has 1 saturated carbocycles. The van der Waals surface area contributed by atoms with Gasteiger partial charge in [0.2, 0.25) is 0 Å². The molecule has 14 heavy (non-hydrogen) atoms. The maximum Gasteiger partial charge on any atom is 0.124 e. The highest BCUT2D eigenvalue weighted by Gasteiger charge is 2.27. The third-order valence-electron chi connectivity index (χ3n) is 2.25. The van der Waals surface area contributed by atoms with Crippen LogP contribution in [0.15, 0.2) is 18.2 Å². The Kier molecular flexibility index (Phi) is 2.26. The van der Waals surface area contributed by atoms with Crippen LogP contribution in [0.3, 0.4) is 0 Å². The van der Waals surface area contributed by atoms with E-state index in [2.05, 4.69) is 32.9 Å². The molecule has 1 aliphatic carbocycles. The molecule has 0 spiro atoms. The molecule has 1 heteroatoms. The molecule has 1 aliphatic rings. The highest BCUT2D eigenvalue weighted by atomic mass is 16.5. The monoisotopic (exact) mass is 189 g/mol. The fourth-order valence-electron chi connectivity index (χ4n) is 1.54. The van der Waals surface area contributed by atoms with Gasteiger partial charge >= 0.3 is 0 Å². The summed E-state index contributed by atoms with van der Waals surface area (Å²) < 4.78 is 5.90. The Hall–Kier alpha value is -0.980. The smallest absolute Gasteiger partial charge is 0.124 e. The van der Waals surface area contributed by atoms with Crippen LogP contribution in [0.2, 0.25) is 0 Å². The molecule has 1 aromatic rings. The quantitative estimate of drug-likeness (QED) is 0.691. The molecule has 75 valence electrons. The lowest BCUT2D eigenvalue weighted by molar-refractivity contribution is 0.129. The molecule has 0 heterocycles. The fraction of sp³-hybridized carbons (Fsp3) is 0.538. The summed E-state index contributed by atoms with van der Waals surface area (Å²) in [5.74, 6) is 1.72. The first kappa shape index (κ1) is 9.57. The number of rotatable bonds is 2. The van der Waals surface area contributed by atoms with Crippen molar-refractivity contribution < 1.29 is 4.74 Å². The van der Waals surface area contributed by atoms with Gasteiger partial charge in [0, 0.05) is 5.56 Å². The summed E-state index contributed by atoms with van der Waals surface area (Å²) in [7, 11) is 0. The fourth-order valence-corrected chi connectivity index (χ4v) is 1.54. The van der Waals surface area contributed by atoms with Crippen LogP contribution in [-0.4, -0.2) is 5.60 Å². The second-order valence-electron chi connectivity index (χ2n) is 4.94. The van der Waals surface area contributed by atoms with Gasteiger partial charge in [0.15, 0.2) is 0 Å². The predicted octanol–water partition coefficient (Wildman–Crippen LogP) is 3.54. The van der Waals surface area contributed by atoms with Crippen LogP contribution < -0.4 is 4.74 Å². The molecule has 0 aromatic heterocycles. The Morgan fingerprint density at radius 1 is 1.36 bits per heavy atom. The Bertz CT molecular complexity index is 318. The first-order valence-corrected chi connectivity index (χ1v) is 5.26. The van der Waals surface area contributed by atoms with E-state index < -0.39 is 0 Å². The third-order valence-corrected chi connectivity index (χ3v) is 2.25. The van der Waals surface area contributed by atoms with Crippen molar-refractivity contribution in [3.05, 3.63) is 29.8 Å². The van der Waals surface area contributed by atoms with Crippen molar-refractivity contribution in [3.63, 3.8) is 0 Å². The van der Waals surface area contributed by atoms with Crippen molar-refractivity contribution in [2.75, 3.05) is 0 Å². The van der Waals surface area contributed by atoms with E-state index in [9.17, 15) is 0 Å². The molecule has 0 aliphatic heterocycles. The maximum absolute atomic E-state index is 5.90. The molecule has 0 bridgehead atoms. The van der Waals surface area contributed by atoms with E-state index >= 15 is 0 Å². The van der Waals surface area contributed by atoms with Crippen LogP contribution in [0.4, 0.5) is 0 Å². The first-order valence-electron chi connectivity index (χ1n) is 5.26. The van der Waals surface area contributed by atoms with E-state index in [-0.39, 0.29) is 5.60 Å². The lowest BCUT2D eigenvalue weighted by Crippen LogP contribution is -2.23. The van der Waals surface area contributed by atoms with Crippen LogP contribution in [-0.2, 0) is 0 Å². The highest BCUT2D eigenvalue weighted by Crippen LogP contribution is 2.44. The van der Waals surface area contributed by atoms with Gasteiger partial charge < -0.3 is 4.74 Å². The predicted molar refractivity (Wildman–Crippen MR) is 57.6 cm³/mol. The van der Waals surface area contributed by atoms with Crippen LogP contribution in [0.5, 0.6) is 5.75 Å². The molecular weight excluding hydrogens is 172 g/mol. The van der Waals surface area contributed by atoms with E-state index in [1.807, 2.05) is 12.1 Å². The summed E-state index contributed by atoms with van der Waals surface area (Å²) in [5, 5.41) is 0. The minimum absolute atomic E-state index is 0.112. The molecule has 0 unspecified atom stereocenters. The minimum atomic E-state index is -0.112. The van der Waals surface area contributed by atoms with Crippen LogP contribution in [0.1, 0.15) is 45.1 Å². The SMILES string of the molecule is CC(C)(C)Oc1ccc[c]c1C1CC1. The molecule has 1 radical (unpaired) electrons. The van der Waals surface area contributed by atoms with E-state index in [0.29, 0.717) is 5.92 Å². The van der Waals surface area contributed by atoms with Crippen molar-refractivity contribution in [1.29, 1.82) is 0 Å². The molecular formula is C13H17O. The summed E-state index contributed by atoms with van der Waals surface area (Å²) in [6.45, 7) is 6.24. The first-order chi connectivity index (χ1) is 6.56. The molecule has 2 rings (SSSR count). The second-order valence-corrected chi connectivity index (χ2v) is 4.94. The molecule has 0 atom stereocenters. The van der Waals surface area contributed by atoms with Gasteiger partial charge in [-0.2, -0.15) is 0 Å². The molecule has 1 aromatic carbocycles. The zero-order valence-electron chi connectivity index (χ0n) is 9.13. The van der Waals surface area contributed by atoms with Gasteiger partial charge in [-0.3, -0.25) is 0 Å². The highest BCUT2D eigenvalue weighted by molar-refractivity contribution is 5.38. The van der Waals surface area contributed by atoms with Gasteiger partial charge in [0.1, 0.15) is 11.4 Å². The summed E-state index contributed by atoms with van der Waals surface area (Å²) in [6.07, 6.45) is 2.59. The lowest BCUT2D eigenvalue weighted by Gasteiger charge is -2.23. The normalized spacial score (nSPS) is 16.8.